The van der Waals surface area contributed by atoms with Crippen LogP contribution < -0.4 is 10.1 Å². The number of nitrogens with one attached hydrogen (secondary N) is 1. The maximum absolute atomic E-state index is 12.5. The predicted molar refractivity (Wildman–Crippen MR) is 86.6 cm³/mol. The Hall–Kier alpha value is -2.83. The molecule has 2 rings (SSSR count). The molecule has 7 heteroatoms. The van der Waals surface area contributed by atoms with Crippen LogP contribution in [-0.4, -0.2) is 17.8 Å². The molecule has 0 fully saturated rings. The van der Waals surface area contributed by atoms with E-state index in [9.17, 15) is 22.8 Å². The van der Waals surface area contributed by atoms with Gasteiger partial charge in [0.05, 0.1) is 5.56 Å². The van der Waals surface area contributed by atoms with Crippen LogP contribution in [0.4, 0.5) is 18.9 Å². The minimum Gasteiger partial charge on any atom is -0.481 e. The molecule has 0 bridgehead atoms. The number of carbonyl (C=O) groups excluding carboxylic acids is 2. The molecule has 0 unspecified atom stereocenters. The zero-order chi connectivity index (χ0) is 18.6. The molecule has 1 amide bonds. The molecule has 0 saturated heterocycles. The molecule has 25 heavy (non-hydrogen) atoms. The average Bonchev–Trinajstić information content (AvgIpc) is 2.54. The maximum atomic E-state index is 12.5. The smallest absolute Gasteiger partial charge is 0.416 e. The Balaban J connectivity index is 2.00. The number of rotatable bonds is 5. The van der Waals surface area contributed by atoms with E-state index in [1.165, 1.54) is 32.0 Å². The highest BCUT2D eigenvalue weighted by atomic mass is 19.4. The van der Waals surface area contributed by atoms with E-state index >= 15 is 0 Å². The number of hydrogen-bond donors (Lipinski definition) is 1. The third kappa shape index (κ3) is 5.07. The molecule has 0 heterocycles. The molecule has 0 radical (unpaired) electrons. The van der Waals surface area contributed by atoms with E-state index < -0.39 is 23.8 Å². The van der Waals surface area contributed by atoms with Crippen LogP contribution in [0, 0.1) is 0 Å². The lowest BCUT2D eigenvalue weighted by Gasteiger charge is -2.15. The number of Topliss-reactive ketones (excluding diaryl/α,β-unsaturated/α-hetero) is 1. The molecule has 1 N–H and O–H groups in total. The Morgan fingerprint density at radius 3 is 2.28 bits per heavy atom. The Morgan fingerprint density at radius 2 is 1.72 bits per heavy atom. The van der Waals surface area contributed by atoms with E-state index in [1.807, 2.05) is 0 Å². The van der Waals surface area contributed by atoms with Crippen LogP contribution in [0.3, 0.4) is 0 Å². The standard InChI is InChI=1S/C18H16F3NO3/c1-11(23)13-4-3-5-16(10-13)25-12(2)17(24)22-15-8-6-14(7-9-15)18(19,20)21/h3-10,12H,1-2H3,(H,22,24)/t12-/m0/s1. The summed E-state index contributed by atoms with van der Waals surface area (Å²) < 4.78 is 43.0. The summed E-state index contributed by atoms with van der Waals surface area (Å²) >= 11 is 0. The molecule has 0 aromatic heterocycles. The summed E-state index contributed by atoms with van der Waals surface area (Å²) in [6, 6.07) is 10.5. The second-order valence-electron chi connectivity index (χ2n) is 5.41. The van der Waals surface area contributed by atoms with Crippen molar-refractivity contribution in [3.63, 3.8) is 0 Å². The van der Waals surface area contributed by atoms with Crippen molar-refractivity contribution in [1.82, 2.24) is 0 Å². The van der Waals surface area contributed by atoms with Gasteiger partial charge in [-0.3, -0.25) is 9.59 Å². The average molecular weight is 351 g/mol. The van der Waals surface area contributed by atoms with Crippen LogP contribution in [0.25, 0.3) is 0 Å². The molecule has 0 aliphatic rings. The quantitative estimate of drug-likeness (QED) is 0.817. The van der Waals surface area contributed by atoms with E-state index in [2.05, 4.69) is 5.32 Å². The van der Waals surface area contributed by atoms with Gasteiger partial charge in [-0.05, 0) is 50.2 Å². The normalized spacial score (nSPS) is 12.4. The molecule has 2 aromatic rings. The van der Waals surface area contributed by atoms with E-state index in [4.69, 9.17) is 4.74 Å². The fourth-order valence-corrected chi connectivity index (χ4v) is 2.03. The van der Waals surface area contributed by atoms with Gasteiger partial charge < -0.3 is 10.1 Å². The lowest BCUT2D eigenvalue weighted by molar-refractivity contribution is -0.137. The SMILES string of the molecule is CC(=O)c1cccc(O[C@@H](C)C(=O)Nc2ccc(C(F)(F)F)cc2)c1. The van der Waals surface area contributed by atoms with Crippen LogP contribution in [-0.2, 0) is 11.0 Å². The number of anilines is 1. The molecule has 0 saturated carbocycles. The summed E-state index contributed by atoms with van der Waals surface area (Å²) in [5, 5.41) is 2.48. The Morgan fingerprint density at radius 1 is 1.08 bits per heavy atom. The number of halogens is 3. The van der Waals surface area contributed by atoms with Gasteiger partial charge in [-0.1, -0.05) is 12.1 Å². The Labute approximate surface area is 142 Å². The summed E-state index contributed by atoms with van der Waals surface area (Å²) in [4.78, 5) is 23.4. The zero-order valence-electron chi connectivity index (χ0n) is 13.6. The number of alkyl halides is 3. The van der Waals surface area contributed by atoms with Crippen LogP contribution in [0.2, 0.25) is 0 Å². The second-order valence-corrected chi connectivity index (χ2v) is 5.41. The van der Waals surface area contributed by atoms with E-state index in [0.29, 0.717) is 11.3 Å². The minimum atomic E-state index is -4.43. The lowest BCUT2D eigenvalue weighted by Crippen LogP contribution is -2.30. The van der Waals surface area contributed by atoms with Gasteiger partial charge in [0.15, 0.2) is 11.9 Å². The topological polar surface area (TPSA) is 55.4 Å². The first-order valence-corrected chi connectivity index (χ1v) is 7.42. The van der Waals surface area contributed by atoms with Crippen LogP contribution in [0.15, 0.2) is 48.5 Å². The number of ketones is 1. The molecular formula is C18H16F3NO3. The predicted octanol–water partition coefficient (Wildman–Crippen LogP) is 4.31. The fourth-order valence-electron chi connectivity index (χ4n) is 2.03. The molecule has 4 nitrogen and oxygen atoms in total. The minimum absolute atomic E-state index is 0.132. The first-order valence-electron chi connectivity index (χ1n) is 7.42. The van der Waals surface area contributed by atoms with Gasteiger partial charge >= 0.3 is 6.18 Å². The third-order valence-electron chi connectivity index (χ3n) is 3.40. The fraction of sp³-hybridized carbons (Fsp3) is 0.222. The van der Waals surface area contributed by atoms with Gasteiger partial charge in [-0.15, -0.1) is 0 Å². The van der Waals surface area contributed by atoms with Crippen LogP contribution >= 0.6 is 0 Å². The largest absolute Gasteiger partial charge is 0.481 e. The number of hydrogen-bond acceptors (Lipinski definition) is 3. The Kier molecular flexibility index (Phi) is 5.46. The van der Waals surface area contributed by atoms with Crippen LogP contribution in [0.5, 0.6) is 5.75 Å². The maximum Gasteiger partial charge on any atom is 0.416 e. The molecule has 2 aromatic carbocycles. The van der Waals surface area contributed by atoms with Gasteiger partial charge in [0.1, 0.15) is 5.75 Å². The molecule has 0 aliphatic carbocycles. The van der Waals surface area contributed by atoms with Crippen molar-refractivity contribution in [2.24, 2.45) is 0 Å². The van der Waals surface area contributed by atoms with Crippen molar-refractivity contribution in [2.45, 2.75) is 26.1 Å². The van der Waals surface area contributed by atoms with Crippen molar-refractivity contribution in [3.8, 4) is 5.75 Å². The first-order chi connectivity index (χ1) is 11.7. The van der Waals surface area contributed by atoms with Gasteiger partial charge in [0.2, 0.25) is 0 Å². The number of ether oxygens (including phenoxy) is 1. The highest BCUT2D eigenvalue weighted by Crippen LogP contribution is 2.29. The van der Waals surface area contributed by atoms with Crippen molar-refractivity contribution in [1.29, 1.82) is 0 Å². The summed E-state index contributed by atoms with van der Waals surface area (Å²) in [7, 11) is 0. The molecule has 1 atom stereocenters. The summed E-state index contributed by atoms with van der Waals surface area (Å²) in [5.41, 5.74) is -0.116. The third-order valence-corrected chi connectivity index (χ3v) is 3.40. The highest BCUT2D eigenvalue weighted by Gasteiger charge is 2.30. The van der Waals surface area contributed by atoms with Gasteiger partial charge in [0.25, 0.3) is 5.91 Å². The highest BCUT2D eigenvalue weighted by molar-refractivity contribution is 5.95. The van der Waals surface area contributed by atoms with Crippen molar-refractivity contribution >= 4 is 17.4 Å². The zero-order valence-corrected chi connectivity index (χ0v) is 13.6. The number of benzene rings is 2. The van der Waals surface area contributed by atoms with Gasteiger partial charge in [-0.25, -0.2) is 0 Å². The number of amides is 1. The second kappa shape index (κ2) is 7.38. The Bertz CT molecular complexity index is 770. The van der Waals surface area contributed by atoms with Crippen molar-refractivity contribution < 1.29 is 27.5 Å². The van der Waals surface area contributed by atoms with E-state index in [-0.39, 0.29) is 11.5 Å². The van der Waals surface area contributed by atoms with Crippen LogP contribution in [0.1, 0.15) is 29.8 Å². The first kappa shape index (κ1) is 18.5. The molecule has 0 aliphatic heterocycles. The monoisotopic (exact) mass is 351 g/mol. The molecule has 0 spiro atoms. The summed E-state index contributed by atoms with van der Waals surface area (Å²) in [6.45, 7) is 2.92. The van der Waals surface area contributed by atoms with Gasteiger partial charge in [-0.2, -0.15) is 13.2 Å². The van der Waals surface area contributed by atoms with Crippen molar-refractivity contribution in [3.05, 3.63) is 59.7 Å². The van der Waals surface area contributed by atoms with E-state index in [0.717, 1.165) is 12.1 Å². The summed E-state index contributed by atoms with van der Waals surface area (Å²) in [6.07, 6.45) is -5.33. The molecular weight excluding hydrogens is 335 g/mol. The summed E-state index contributed by atoms with van der Waals surface area (Å²) in [5.74, 6) is -0.303. The lowest BCUT2D eigenvalue weighted by atomic mass is 10.1. The van der Waals surface area contributed by atoms with E-state index in [1.54, 1.807) is 18.2 Å². The van der Waals surface area contributed by atoms with Gasteiger partial charge in [0, 0.05) is 11.3 Å². The van der Waals surface area contributed by atoms with Crippen molar-refractivity contribution in [2.75, 3.05) is 5.32 Å². The molecule has 132 valence electrons. The number of carbonyl (C=O) groups is 2.